The van der Waals surface area contributed by atoms with Gasteiger partial charge in [0.15, 0.2) is 5.82 Å². The number of hydrogen-bond donors (Lipinski definition) is 0. The zero-order valence-electron chi connectivity index (χ0n) is 12.8. The molecule has 0 aliphatic carbocycles. The van der Waals surface area contributed by atoms with Gasteiger partial charge in [-0.2, -0.15) is 0 Å². The molecule has 0 spiro atoms. The highest BCUT2D eigenvalue weighted by Crippen LogP contribution is 2.30. The highest BCUT2D eigenvalue weighted by atomic mass is 19.1. The molecular formula is C16H17FN4O2. The third-order valence-electron chi connectivity index (χ3n) is 4.25. The van der Waals surface area contributed by atoms with Crippen LogP contribution >= 0.6 is 0 Å². The molecular weight excluding hydrogens is 299 g/mol. The van der Waals surface area contributed by atoms with Gasteiger partial charge in [-0.25, -0.2) is 14.1 Å². The molecule has 4 rings (SSSR count). The Balaban J connectivity index is 1.66. The zero-order chi connectivity index (χ0) is 16.0. The molecule has 1 unspecified atom stereocenters. The number of nitrogens with zero attached hydrogens (tertiary/aromatic N) is 4. The summed E-state index contributed by atoms with van der Waals surface area (Å²) < 4.78 is 21.4. The van der Waals surface area contributed by atoms with Gasteiger partial charge < -0.3 is 9.64 Å². The molecule has 1 aromatic heterocycles. The molecule has 0 bridgehead atoms. The highest BCUT2D eigenvalue weighted by molar-refractivity contribution is 5.91. The third-order valence-corrected chi connectivity index (χ3v) is 4.25. The highest BCUT2D eigenvalue weighted by Gasteiger charge is 2.34. The molecule has 2 aliphatic heterocycles. The molecule has 1 saturated heterocycles. The Hall–Kier alpha value is -2.28. The first-order chi connectivity index (χ1) is 11.1. The number of amides is 1. The van der Waals surface area contributed by atoms with Crippen molar-refractivity contribution in [1.29, 1.82) is 0 Å². The van der Waals surface area contributed by atoms with Crippen molar-refractivity contribution in [2.24, 2.45) is 5.92 Å². The first-order valence-corrected chi connectivity index (χ1v) is 7.73. The summed E-state index contributed by atoms with van der Waals surface area (Å²) in [4.78, 5) is 18.4. The van der Waals surface area contributed by atoms with E-state index in [0.29, 0.717) is 30.5 Å². The number of halogens is 1. The number of fused-ring (bicyclic) bond motifs is 1. The molecule has 1 amide bonds. The van der Waals surface area contributed by atoms with E-state index in [1.54, 1.807) is 27.8 Å². The number of hydrogen-bond acceptors (Lipinski definition) is 4. The Bertz CT molecular complexity index is 754. The van der Waals surface area contributed by atoms with Gasteiger partial charge in [0.2, 0.25) is 5.82 Å². The molecule has 1 atom stereocenters. The molecule has 7 heteroatoms. The minimum absolute atomic E-state index is 0.165. The summed E-state index contributed by atoms with van der Waals surface area (Å²) in [5.74, 6) is 0.651. The fourth-order valence-corrected chi connectivity index (χ4v) is 3.06. The van der Waals surface area contributed by atoms with Crippen LogP contribution in [-0.2, 0) is 11.3 Å². The summed E-state index contributed by atoms with van der Waals surface area (Å²) in [5.41, 5.74) is 0.414. The standard InChI is InChI=1S/C16H17FN4O2/c1-10-8-20(9-10)16(22)14-18-15-13(23-7-6-21(15)19-14)11-4-2-3-5-12(11)17/h2-5,10,13H,6-9H2,1H3. The second-order valence-electron chi connectivity index (χ2n) is 6.10. The Kier molecular flexibility index (Phi) is 3.37. The fraction of sp³-hybridized carbons (Fsp3) is 0.438. The Morgan fingerprint density at radius 1 is 1.35 bits per heavy atom. The van der Waals surface area contributed by atoms with Gasteiger partial charge in [-0.3, -0.25) is 4.79 Å². The van der Waals surface area contributed by atoms with Crippen LogP contribution in [0.15, 0.2) is 24.3 Å². The van der Waals surface area contributed by atoms with Gasteiger partial charge in [0.25, 0.3) is 5.91 Å². The lowest BCUT2D eigenvalue weighted by molar-refractivity contribution is 0.0369. The fourth-order valence-electron chi connectivity index (χ4n) is 3.06. The van der Waals surface area contributed by atoms with Crippen molar-refractivity contribution in [1.82, 2.24) is 19.7 Å². The summed E-state index contributed by atoms with van der Waals surface area (Å²) >= 11 is 0. The van der Waals surface area contributed by atoms with Crippen LogP contribution in [0, 0.1) is 11.7 Å². The second-order valence-corrected chi connectivity index (χ2v) is 6.10. The number of ether oxygens (including phenoxy) is 1. The summed E-state index contributed by atoms with van der Waals surface area (Å²) in [6, 6.07) is 6.45. The molecule has 6 nitrogen and oxygen atoms in total. The molecule has 0 N–H and O–H groups in total. The van der Waals surface area contributed by atoms with Crippen molar-refractivity contribution >= 4 is 5.91 Å². The molecule has 2 aliphatic rings. The van der Waals surface area contributed by atoms with Crippen LogP contribution in [0.5, 0.6) is 0 Å². The lowest BCUT2D eigenvalue weighted by Gasteiger charge is -2.36. The van der Waals surface area contributed by atoms with E-state index in [0.717, 1.165) is 13.1 Å². The number of carbonyl (C=O) groups excluding carboxylic acids is 1. The van der Waals surface area contributed by atoms with Gasteiger partial charge in [-0.05, 0) is 12.0 Å². The maximum Gasteiger partial charge on any atom is 0.293 e. The van der Waals surface area contributed by atoms with Crippen molar-refractivity contribution in [3.05, 3.63) is 47.3 Å². The molecule has 2 aromatic rings. The Labute approximate surface area is 132 Å². The maximum atomic E-state index is 14.1. The minimum atomic E-state index is -0.630. The van der Waals surface area contributed by atoms with E-state index in [-0.39, 0.29) is 17.5 Å². The lowest BCUT2D eigenvalue weighted by atomic mass is 10.0. The van der Waals surface area contributed by atoms with E-state index in [1.165, 1.54) is 6.07 Å². The average molecular weight is 316 g/mol. The van der Waals surface area contributed by atoms with Crippen LogP contribution in [0.25, 0.3) is 0 Å². The second kappa shape index (κ2) is 5.42. The number of aromatic nitrogens is 3. The zero-order valence-corrected chi connectivity index (χ0v) is 12.8. The van der Waals surface area contributed by atoms with Gasteiger partial charge in [0.1, 0.15) is 11.9 Å². The SMILES string of the molecule is CC1CN(C(=O)c2nc3n(n2)CCOC3c2ccccc2F)C1. The monoisotopic (exact) mass is 316 g/mol. The molecule has 3 heterocycles. The van der Waals surface area contributed by atoms with Crippen molar-refractivity contribution < 1.29 is 13.9 Å². The van der Waals surface area contributed by atoms with Gasteiger partial charge in [0, 0.05) is 18.7 Å². The Morgan fingerprint density at radius 3 is 2.87 bits per heavy atom. The smallest absolute Gasteiger partial charge is 0.293 e. The first-order valence-electron chi connectivity index (χ1n) is 7.73. The molecule has 120 valence electrons. The molecule has 23 heavy (non-hydrogen) atoms. The van der Waals surface area contributed by atoms with E-state index in [1.807, 2.05) is 0 Å². The number of carbonyl (C=O) groups is 1. The first kappa shape index (κ1) is 14.3. The van der Waals surface area contributed by atoms with Gasteiger partial charge >= 0.3 is 0 Å². The summed E-state index contributed by atoms with van der Waals surface area (Å²) in [7, 11) is 0. The van der Waals surface area contributed by atoms with Gasteiger partial charge in [0.05, 0.1) is 13.2 Å². The van der Waals surface area contributed by atoms with Crippen molar-refractivity contribution in [3.8, 4) is 0 Å². The van der Waals surface area contributed by atoms with Crippen LogP contribution in [0.4, 0.5) is 4.39 Å². The van der Waals surface area contributed by atoms with Crippen LogP contribution in [0.2, 0.25) is 0 Å². The van der Waals surface area contributed by atoms with Crippen molar-refractivity contribution in [3.63, 3.8) is 0 Å². The van der Waals surface area contributed by atoms with Gasteiger partial charge in [-0.15, -0.1) is 5.10 Å². The van der Waals surface area contributed by atoms with Crippen LogP contribution in [-0.4, -0.2) is 45.3 Å². The van der Waals surface area contributed by atoms with Crippen LogP contribution < -0.4 is 0 Å². The minimum Gasteiger partial charge on any atom is -0.363 e. The molecule has 0 radical (unpaired) electrons. The summed E-state index contributed by atoms with van der Waals surface area (Å²) in [5, 5.41) is 4.30. The summed E-state index contributed by atoms with van der Waals surface area (Å²) in [6.07, 6.45) is -0.630. The molecule has 1 aromatic carbocycles. The van der Waals surface area contributed by atoms with E-state index in [2.05, 4.69) is 17.0 Å². The summed E-state index contributed by atoms with van der Waals surface area (Å²) in [6.45, 7) is 4.48. The van der Waals surface area contributed by atoms with Crippen molar-refractivity contribution in [2.75, 3.05) is 19.7 Å². The van der Waals surface area contributed by atoms with Crippen LogP contribution in [0.1, 0.15) is 35.0 Å². The number of rotatable bonds is 2. The van der Waals surface area contributed by atoms with E-state index in [4.69, 9.17) is 4.74 Å². The predicted molar refractivity (Wildman–Crippen MR) is 79.3 cm³/mol. The number of benzene rings is 1. The Morgan fingerprint density at radius 2 is 2.13 bits per heavy atom. The largest absolute Gasteiger partial charge is 0.363 e. The van der Waals surface area contributed by atoms with E-state index in [9.17, 15) is 9.18 Å². The van der Waals surface area contributed by atoms with Gasteiger partial charge in [-0.1, -0.05) is 25.1 Å². The van der Waals surface area contributed by atoms with Crippen molar-refractivity contribution in [2.45, 2.75) is 19.6 Å². The van der Waals surface area contributed by atoms with E-state index < -0.39 is 6.10 Å². The maximum absolute atomic E-state index is 14.1. The normalized spacial score (nSPS) is 21.0. The quantitative estimate of drug-likeness (QED) is 0.845. The number of likely N-dealkylation sites (tertiary alicyclic amines) is 1. The molecule has 1 fully saturated rings. The van der Waals surface area contributed by atoms with Crippen LogP contribution in [0.3, 0.4) is 0 Å². The topological polar surface area (TPSA) is 60.2 Å². The average Bonchev–Trinajstić information content (AvgIpc) is 2.96. The predicted octanol–water partition coefficient (Wildman–Crippen LogP) is 1.63. The molecule has 0 saturated carbocycles. The van der Waals surface area contributed by atoms with E-state index >= 15 is 0 Å². The third kappa shape index (κ3) is 2.41. The lowest BCUT2D eigenvalue weighted by Crippen LogP contribution is -2.49.